The van der Waals surface area contributed by atoms with Crippen LogP contribution < -0.4 is 5.56 Å². The fraction of sp³-hybridized carbons (Fsp3) is 0.389. The lowest BCUT2D eigenvalue weighted by molar-refractivity contribution is 0.100. The molecule has 7 heteroatoms. The highest BCUT2D eigenvalue weighted by atomic mass is 16.1. The zero-order valence-electron chi connectivity index (χ0n) is 16.1. The zero-order chi connectivity index (χ0) is 19.6. The highest BCUT2D eigenvalue weighted by molar-refractivity contribution is 5.93. The van der Waals surface area contributed by atoms with Crippen molar-refractivity contribution in [1.82, 2.24) is 19.2 Å². The summed E-state index contributed by atoms with van der Waals surface area (Å²) in [6.07, 6.45) is 6.06. The van der Waals surface area contributed by atoms with Crippen LogP contribution >= 0.6 is 0 Å². The Morgan fingerprint density at radius 3 is 2.36 bits per heavy atom. The van der Waals surface area contributed by atoms with Gasteiger partial charge in [-0.25, -0.2) is 9.50 Å². The number of hydrogen-bond donors (Lipinski definition) is 0. The topological polar surface area (TPSA) is 81.6 Å². The molecule has 2 heterocycles. The van der Waals surface area contributed by atoms with Crippen molar-refractivity contribution in [3.63, 3.8) is 0 Å². The van der Waals surface area contributed by atoms with Crippen molar-refractivity contribution in [2.24, 2.45) is 12.0 Å². The minimum Gasteiger partial charge on any atom is -0.299 e. The van der Waals surface area contributed by atoms with E-state index in [1.54, 1.807) is 20.0 Å². The molecule has 0 aromatic carbocycles. The van der Waals surface area contributed by atoms with Crippen molar-refractivity contribution < 1.29 is 4.79 Å². The van der Waals surface area contributed by atoms with E-state index in [1.165, 1.54) is 34.6 Å². The van der Waals surface area contributed by atoms with Crippen molar-refractivity contribution in [3.8, 4) is 0 Å². The van der Waals surface area contributed by atoms with Crippen LogP contribution in [-0.4, -0.2) is 31.2 Å². The summed E-state index contributed by atoms with van der Waals surface area (Å²) in [5.74, 6) is -0.175. The highest BCUT2D eigenvalue weighted by Crippen LogP contribution is 2.19. The number of ketones is 1. The molecule has 0 saturated heterocycles. The van der Waals surface area contributed by atoms with Gasteiger partial charge < -0.3 is 0 Å². The van der Waals surface area contributed by atoms with Gasteiger partial charge >= 0.3 is 0 Å². The molecule has 2 aromatic heterocycles. The maximum Gasteiger partial charge on any atom is 0.279 e. The molecule has 2 rings (SSSR count). The number of aryl methyl sites for hydroxylation is 1. The number of imidazole rings is 1. The third-order valence-electron chi connectivity index (χ3n) is 2.87. The van der Waals surface area contributed by atoms with E-state index in [-0.39, 0.29) is 22.7 Å². The van der Waals surface area contributed by atoms with Crippen LogP contribution in [0.4, 0.5) is 0 Å². The molecule has 0 fully saturated rings. The molecular formula is C18H27N5O2. The Morgan fingerprint density at radius 2 is 1.88 bits per heavy atom. The molecule has 0 atom stereocenters. The molecule has 2 aromatic rings. The monoisotopic (exact) mass is 345 g/mol. The Balaban J connectivity index is 0.00000134. The van der Waals surface area contributed by atoms with Crippen LogP contribution in [0.5, 0.6) is 0 Å². The third-order valence-corrected chi connectivity index (χ3v) is 2.87. The van der Waals surface area contributed by atoms with E-state index in [0.29, 0.717) is 11.4 Å². The molecule has 7 nitrogen and oxygen atoms in total. The molecule has 0 aliphatic heterocycles. The average molecular weight is 345 g/mol. The maximum absolute atomic E-state index is 12.3. The number of aromatic nitrogens is 4. The molecule has 0 radical (unpaired) electrons. The van der Waals surface area contributed by atoms with Gasteiger partial charge in [-0.1, -0.05) is 46.4 Å². The summed E-state index contributed by atoms with van der Waals surface area (Å²) >= 11 is 0. The van der Waals surface area contributed by atoms with Crippen LogP contribution in [-0.2, 0) is 7.05 Å². The normalized spacial score (nSPS) is 10.8. The zero-order valence-corrected chi connectivity index (χ0v) is 16.1. The fourth-order valence-corrected chi connectivity index (χ4v) is 1.88. The second kappa shape index (κ2) is 10.9. The Bertz CT molecular complexity index is 841. The lowest BCUT2D eigenvalue weighted by Crippen LogP contribution is -2.21. The van der Waals surface area contributed by atoms with Gasteiger partial charge in [0.05, 0.1) is 5.70 Å². The first kappa shape index (κ1) is 22.2. The minimum atomic E-state index is -0.298. The number of nitrogens with zero attached hydrogens (tertiary/aromatic N) is 5. The van der Waals surface area contributed by atoms with Crippen molar-refractivity contribution in [1.29, 1.82) is 0 Å². The second-order valence-electron chi connectivity index (χ2n) is 4.34. The van der Waals surface area contributed by atoms with Gasteiger partial charge in [-0.2, -0.15) is 5.10 Å². The Hall–Kier alpha value is -2.83. The maximum atomic E-state index is 12.3. The van der Waals surface area contributed by atoms with Gasteiger partial charge in [-0.3, -0.25) is 19.1 Å². The number of Topliss-reactive ketones (excluding diaryl/α,β-unsaturated/α-hetero) is 1. The molecular weight excluding hydrogens is 318 g/mol. The van der Waals surface area contributed by atoms with Crippen LogP contribution in [0.2, 0.25) is 0 Å². The molecule has 0 aliphatic carbocycles. The number of hydrogen-bond acceptors (Lipinski definition) is 5. The van der Waals surface area contributed by atoms with E-state index >= 15 is 0 Å². The second-order valence-corrected chi connectivity index (χ2v) is 4.34. The number of carbonyl (C=O) groups is 1. The van der Waals surface area contributed by atoms with Crippen LogP contribution in [0, 0.1) is 0 Å². The van der Waals surface area contributed by atoms with Crippen molar-refractivity contribution in [3.05, 3.63) is 46.9 Å². The summed E-state index contributed by atoms with van der Waals surface area (Å²) in [5, 5.41) is 4.08. The number of carbonyl (C=O) groups excluding carboxylic acids is 1. The predicted octanol–water partition coefficient (Wildman–Crippen LogP) is 3.30. The first-order chi connectivity index (χ1) is 12.0. The smallest absolute Gasteiger partial charge is 0.279 e. The van der Waals surface area contributed by atoms with E-state index in [4.69, 9.17) is 0 Å². The van der Waals surface area contributed by atoms with E-state index in [9.17, 15) is 9.59 Å². The molecule has 0 spiro atoms. The first-order valence-corrected chi connectivity index (χ1v) is 8.28. The predicted molar refractivity (Wildman–Crippen MR) is 103 cm³/mol. The van der Waals surface area contributed by atoms with Crippen LogP contribution in [0.15, 0.2) is 34.8 Å². The average Bonchev–Trinajstić information content (AvgIpc) is 3.03. The Kier molecular flexibility index (Phi) is 9.62. The molecule has 0 aliphatic rings. The number of aliphatic imine (C=N–C) groups is 1. The summed E-state index contributed by atoms with van der Waals surface area (Å²) in [7, 11) is 1.59. The molecule has 25 heavy (non-hydrogen) atoms. The lowest BCUT2D eigenvalue weighted by Gasteiger charge is -2.00. The van der Waals surface area contributed by atoms with Gasteiger partial charge in [-0.05, 0) is 6.92 Å². The fourth-order valence-electron chi connectivity index (χ4n) is 1.88. The quantitative estimate of drug-likeness (QED) is 0.629. The van der Waals surface area contributed by atoms with E-state index in [0.717, 1.165) is 0 Å². The Morgan fingerprint density at radius 1 is 1.28 bits per heavy atom. The molecule has 0 bridgehead atoms. The molecule has 136 valence electrons. The van der Waals surface area contributed by atoms with Gasteiger partial charge in [0, 0.05) is 20.2 Å². The first-order valence-electron chi connectivity index (χ1n) is 8.28. The number of fused-ring (bicyclic) bond motifs is 1. The van der Waals surface area contributed by atoms with Gasteiger partial charge in [0.1, 0.15) is 12.0 Å². The van der Waals surface area contributed by atoms with Crippen LogP contribution in [0.25, 0.3) is 11.2 Å². The number of rotatable bonds is 4. The van der Waals surface area contributed by atoms with Crippen LogP contribution in [0.3, 0.4) is 0 Å². The van der Waals surface area contributed by atoms with E-state index in [1.807, 2.05) is 27.7 Å². The van der Waals surface area contributed by atoms with Crippen molar-refractivity contribution in [2.75, 3.05) is 0 Å². The molecule has 0 unspecified atom stereocenters. The Labute approximate surface area is 148 Å². The molecule has 0 N–H and O–H groups in total. The van der Waals surface area contributed by atoms with E-state index in [2.05, 4.69) is 21.7 Å². The number of allylic oxidation sites excluding steroid dienone is 2. The summed E-state index contributed by atoms with van der Waals surface area (Å²) in [5.41, 5.74) is 0.729. The van der Waals surface area contributed by atoms with Crippen LogP contribution in [0.1, 0.15) is 57.9 Å². The summed E-state index contributed by atoms with van der Waals surface area (Å²) in [6.45, 7) is 14.7. The van der Waals surface area contributed by atoms with Gasteiger partial charge in [0.2, 0.25) is 0 Å². The molecule has 0 amide bonds. The molecule has 0 saturated carbocycles. The summed E-state index contributed by atoms with van der Waals surface area (Å²) < 4.78 is 2.59. The summed E-state index contributed by atoms with van der Waals surface area (Å²) in [6, 6.07) is 0. The minimum absolute atomic E-state index is 0.103. The van der Waals surface area contributed by atoms with Crippen molar-refractivity contribution in [2.45, 2.75) is 41.5 Å². The van der Waals surface area contributed by atoms with E-state index < -0.39 is 0 Å². The van der Waals surface area contributed by atoms with Gasteiger partial charge in [0.15, 0.2) is 17.1 Å². The standard InChI is InChI=1S/C14H15N5O2.2C2H6/c1-5-7-15-10(6-2)11-12-14(21)18(4)8-16-19(12)13(17-11)9(3)20;2*1-2/h5-8H,1H2,2-4H3;2*1-2H3/b10-6-,15-7?;;. The lowest BCUT2D eigenvalue weighted by atomic mass is 10.3. The largest absolute Gasteiger partial charge is 0.299 e. The highest BCUT2D eigenvalue weighted by Gasteiger charge is 2.20. The van der Waals surface area contributed by atoms with Crippen molar-refractivity contribution >= 4 is 23.2 Å². The summed E-state index contributed by atoms with van der Waals surface area (Å²) in [4.78, 5) is 32.4. The van der Waals surface area contributed by atoms with Gasteiger partial charge in [-0.15, -0.1) is 0 Å². The third kappa shape index (κ3) is 4.82. The SMILES string of the molecule is C=CC=N/C(=C\C)c1nc(C(C)=O)n2ncn(C)c(=O)c12.CC.CC. The van der Waals surface area contributed by atoms with Gasteiger partial charge in [0.25, 0.3) is 5.56 Å².